The van der Waals surface area contributed by atoms with E-state index >= 15 is 0 Å². The molecule has 1 aromatic rings. The highest BCUT2D eigenvalue weighted by Gasteiger charge is 2.43. The highest BCUT2D eigenvalue weighted by atomic mass is 16.5. The molecule has 0 saturated carbocycles. The van der Waals surface area contributed by atoms with E-state index in [1.807, 2.05) is 24.3 Å². The summed E-state index contributed by atoms with van der Waals surface area (Å²) in [7, 11) is 0. The zero-order valence-electron chi connectivity index (χ0n) is 10.9. The van der Waals surface area contributed by atoms with E-state index in [9.17, 15) is 14.7 Å². The van der Waals surface area contributed by atoms with Gasteiger partial charge in [0.1, 0.15) is 0 Å². The van der Waals surface area contributed by atoms with Crippen molar-refractivity contribution in [3.05, 3.63) is 35.4 Å². The summed E-state index contributed by atoms with van der Waals surface area (Å²) in [5, 5.41) is 9.31. The molecule has 2 heterocycles. The first kappa shape index (κ1) is 13.1. The highest BCUT2D eigenvalue weighted by molar-refractivity contribution is 5.88. The van der Waals surface area contributed by atoms with Gasteiger partial charge in [0.05, 0.1) is 25.3 Å². The second kappa shape index (κ2) is 4.88. The van der Waals surface area contributed by atoms with Crippen LogP contribution in [0.3, 0.4) is 0 Å². The van der Waals surface area contributed by atoms with Crippen molar-refractivity contribution in [1.29, 1.82) is 0 Å². The molecular formula is C14H16N2O4. The summed E-state index contributed by atoms with van der Waals surface area (Å²) in [5.41, 5.74) is 7.85. The fourth-order valence-electron chi connectivity index (χ4n) is 2.97. The standard InChI is InChI=1S/C14H16N2O4/c15-10-5-8-3-1-2-4-9(8)11-6-20-7-12(14(18)19)16(11)13(10)17/h1-4,10-12H,5-7,15H2,(H,18,19). The third-order valence-corrected chi connectivity index (χ3v) is 3.93. The number of ether oxygens (including phenoxy) is 1. The van der Waals surface area contributed by atoms with Crippen molar-refractivity contribution in [3.8, 4) is 0 Å². The van der Waals surface area contributed by atoms with Gasteiger partial charge in [-0.05, 0) is 17.5 Å². The van der Waals surface area contributed by atoms with Crippen LogP contribution >= 0.6 is 0 Å². The van der Waals surface area contributed by atoms with Gasteiger partial charge < -0.3 is 20.5 Å². The van der Waals surface area contributed by atoms with E-state index in [1.54, 1.807) is 0 Å². The molecule has 3 atom stereocenters. The van der Waals surface area contributed by atoms with Crippen LogP contribution in [0, 0.1) is 0 Å². The number of morpholine rings is 1. The van der Waals surface area contributed by atoms with Crippen molar-refractivity contribution >= 4 is 11.9 Å². The van der Waals surface area contributed by atoms with Crippen molar-refractivity contribution in [1.82, 2.24) is 4.90 Å². The minimum absolute atomic E-state index is 0.00641. The minimum Gasteiger partial charge on any atom is -0.480 e. The van der Waals surface area contributed by atoms with Gasteiger partial charge in [-0.25, -0.2) is 4.79 Å². The van der Waals surface area contributed by atoms with E-state index < -0.39 is 18.1 Å². The van der Waals surface area contributed by atoms with Crippen LogP contribution in [0.5, 0.6) is 0 Å². The Labute approximate surface area is 116 Å². The van der Waals surface area contributed by atoms with Crippen LogP contribution in [0.15, 0.2) is 24.3 Å². The predicted molar refractivity (Wildman–Crippen MR) is 70.0 cm³/mol. The van der Waals surface area contributed by atoms with E-state index in [1.165, 1.54) is 4.90 Å². The number of carbonyl (C=O) groups is 2. The van der Waals surface area contributed by atoms with Gasteiger partial charge in [0.15, 0.2) is 6.04 Å². The number of amides is 1. The predicted octanol–water partition coefficient (Wildman–Crippen LogP) is -0.0769. The first-order valence-electron chi connectivity index (χ1n) is 6.55. The van der Waals surface area contributed by atoms with Crippen LogP contribution in [-0.2, 0) is 20.7 Å². The molecule has 1 saturated heterocycles. The van der Waals surface area contributed by atoms with Gasteiger partial charge in [0.2, 0.25) is 5.91 Å². The molecule has 0 aromatic heterocycles. The maximum absolute atomic E-state index is 12.4. The van der Waals surface area contributed by atoms with Gasteiger partial charge >= 0.3 is 5.97 Å². The summed E-state index contributed by atoms with van der Waals surface area (Å²) in [6, 6.07) is 5.55. The lowest BCUT2D eigenvalue weighted by Crippen LogP contribution is -2.57. The summed E-state index contributed by atoms with van der Waals surface area (Å²) in [6.07, 6.45) is 0.425. The smallest absolute Gasteiger partial charge is 0.328 e. The number of aliphatic carboxylic acids is 1. The summed E-state index contributed by atoms with van der Waals surface area (Å²) >= 11 is 0. The molecule has 2 aliphatic rings. The molecule has 1 aromatic carbocycles. The van der Waals surface area contributed by atoms with Gasteiger partial charge in [-0.3, -0.25) is 4.79 Å². The van der Waals surface area contributed by atoms with Gasteiger partial charge in [-0.2, -0.15) is 0 Å². The van der Waals surface area contributed by atoms with E-state index in [2.05, 4.69) is 0 Å². The molecule has 3 rings (SSSR count). The lowest BCUT2D eigenvalue weighted by atomic mass is 9.97. The third-order valence-electron chi connectivity index (χ3n) is 3.93. The molecule has 1 fully saturated rings. The number of benzene rings is 1. The first-order chi connectivity index (χ1) is 9.59. The topological polar surface area (TPSA) is 92.9 Å². The number of hydrogen-bond acceptors (Lipinski definition) is 4. The van der Waals surface area contributed by atoms with Gasteiger partial charge in [-0.1, -0.05) is 24.3 Å². The van der Waals surface area contributed by atoms with E-state index in [0.29, 0.717) is 13.0 Å². The second-order valence-corrected chi connectivity index (χ2v) is 5.16. The second-order valence-electron chi connectivity index (χ2n) is 5.16. The molecule has 0 bridgehead atoms. The molecule has 0 spiro atoms. The zero-order valence-corrected chi connectivity index (χ0v) is 10.9. The summed E-state index contributed by atoms with van der Waals surface area (Å²) in [6.45, 7) is 0.311. The Morgan fingerprint density at radius 1 is 1.35 bits per heavy atom. The van der Waals surface area contributed by atoms with Crippen LogP contribution in [-0.4, -0.2) is 47.2 Å². The Morgan fingerprint density at radius 2 is 2.10 bits per heavy atom. The number of carbonyl (C=O) groups excluding carboxylic acids is 1. The number of nitrogens with two attached hydrogens (primary N) is 1. The molecule has 6 nitrogen and oxygen atoms in total. The molecule has 0 radical (unpaired) electrons. The van der Waals surface area contributed by atoms with Crippen LogP contribution in [0.1, 0.15) is 17.2 Å². The van der Waals surface area contributed by atoms with Gasteiger partial charge in [-0.15, -0.1) is 0 Å². The number of fused-ring (bicyclic) bond motifs is 3. The summed E-state index contributed by atoms with van der Waals surface area (Å²) in [5.74, 6) is -1.38. The van der Waals surface area contributed by atoms with Crippen molar-refractivity contribution < 1.29 is 19.4 Å². The molecule has 6 heteroatoms. The van der Waals surface area contributed by atoms with E-state index in [-0.39, 0.29) is 18.6 Å². The largest absolute Gasteiger partial charge is 0.480 e. The fraction of sp³-hybridized carbons (Fsp3) is 0.429. The quantitative estimate of drug-likeness (QED) is 0.748. The Morgan fingerprint density at radius 3 is 2.85 bits per heavy atom. The van der Waals surface area contributed by atoms with Crippen molar-refractivity contribution in [2.75, 3.05) is 13.2 Å². The molecular weight excluding hydrogens is 260 g/mol. The van der Waals surface area contributed by atoms with Crippen molar-refractivity contribution in [3.63, 3.8) is 0 Å². The van der Waals surface area contributed by atoms with Crippen LogP contribution < -0.4 is 5.73 Å². The Hall–Kier alpha value is -1.92. The zero-order chi connectivity index (χ0) is 14.3. The third kappa shape index (κ3) is 1.97. The average Bonchev–Trinajstić information content (AvgIpc) is 2.55. The minimum atomic E-state index is -1.06. The monoisotopic (exact) mass is 276 g/mol. The number of rotatable bonds is 1. The number of hydrogen-bond donors (Lipinski definition) is 2. The molecule has 1 amide bonds. The summed E-state index contributed by atoms with van der Waals surface area (Å²) in [4.78, 5) is 25.2. The molecule has 20 heavy (non-hydrogen) atoms. The number of nitrogens with zero attached hydrogens (tertiary/aromatic N) is 1. The Bertz CT molecular complexity index is 560. The van der Waals surface area contributed by atoms with Crippen LogP contribution in [0.4, 0.5) is 0 Å². The lowest BCUT2D eigenvalue weighted by molar-refractivity contribution is -0.164. The fourth-order valence-corrected chi connectivity index (χ4v) is 2.97. The van der Waals surface area contributed by atoms with Crippen LogP contribution in [0.2, 0.25) is 0 Å². The molecule has 2 aliphatic heterocycles. The molecule has 3 N–H and O–H groups in total. The lowest BCUT2D eigenvalue weighted by Gasteiger charge is -2.40. The Balaban J connectivity index is 2.10. The molecule has 3 unspecified atom stereocenters. The summed E-state index contributed by atoms with van der Waals surface area (Å²) < 4.78 is 5.39. The van der Waals surface area contributed by atoms with E-state index in [0.717, 1.165) is 11.1 Å². The normalized spacial score (nSPS) is 29.4. The maximum atomic E-state index is 12.4. The van der Waals surface area contributed by atoms with Gasteiger partial charge in [0, 0.05) is 0 Å². The number of carboxylic acid groups (broad SMARTS) is 1. The average molecular weight is 276 g/mol. The Kier molecular flexibility index (Phi) is 3.19. The van der Waals surface area contributed by atoms with E-state index in [4.69, 9.17) is 10.5 Å². The maximum Gasteiger partial charge on any atom is 0.328 e. The van der Waals surface area contributed by atoms with Crippen molar-refractivity contribution in [2.24, 2.45) is 5.73 Å². The van der Waals surface area contributed by atoms with Crippen LogP contribution in [0.25, 0.3) is 0 Å². The van der Waals surface area contributed by atoms with Gasteiger partial charge in [0.25, 0.3) is 0 Å². The molecule has 106 valence electrons. The van der Waals surface area contributed by atoms with Crippen molar-refractivity contribution in [2.45, 2.75) is 24.5 Å². The molecule has 0 aliphatic carbocycles. The number of carboxylic acids is 1. The first-order valence-corrected chi connectivity index (χ1v) is 6.55. The highest BCUT2D eigenvalue weighted by Crippen LogP contribution is 2.33. The SMILES string of the molecule is NC1Cc2ccccc2C2COCC(C(=O)O)N2C1=O.